The number of hydrogen-bond acceptors (Lipinski definition) is 4. The number of thiol groups is 1. The number of aliphatic carboxylic acids is 1. The van der Waals surface area contributed by atoms with E-state index in [-0.39, 0.29) is 5.75 Å². The topological polar surface area (TPSA) is 75.6 Å². The van der Waals surface area contributed by atoms with Gasteiger partial charge in [-0.1, -0.05) is 42.5 Å². The van der Waals surface area contributed by atoms with Crippen LogP contribution in [-0.2, 0) is 4.79 Å². The summed E-state index contributed by atoms with van der Waals surface area (Å²) in [6, 6.07) is 13.6. The van der Waals surface area contributed by atoms with Crippen LogP contribution in [-0.4, -0.2) is 35.4 Å². The van der Waals surface area contributed by atoms with Crippen molar-refractivity contribution in [3.8, 4) is 16.9 Å². The van der Waals surface area contributed by atoms with Crippen LogP contribution in [0.1, 0.15) is 17.3 Å². The lowest BCUT2D eigenvalue weighted by atomic mass is 9.98. The maximum absolute atomic E-state index is 12.7. The lowest BCUT2D eigenvalue weighted by molar-refractivity contribution is -0.138. The van der Waals surface area contributed by atoms with Crippen molar-refractivity contribution >= 4 is 24.5 Å². The molecule has 126 valence electrons. The van der Waals surface area contributed by atoms with Crippen molar-refractivity contribution in [2.24, 2.45) is 0 Å². The van der Waals surface area contributed by atoms with Crippen molar-refractivity contribution in [2.45, 2.75) is 13.0 Å². The number of nitrogens with one attached hydrogen (secondary N) is 1. The Kier molecular flexibility index (Phi) is 6.26. The zero-order chi connectivity index (χ0) is 17.5. The first-order chi connectivity index (χ1) is 11.6. The number of carboxylic acid groups (broad SMARTS) is 1. The predicted octanol–water partition coefficient (Wildman–Crippen LogP) is 2.87. The fourth-order valence-corrected chi connectivity index (χ4v) is 2.56. The number of carbonyl (C=O) groups is 2. The van der Waals surface area contributed by atoms with E-state index in [2.05, 4.69) is 17.9 Å². The minimum atomic E-state index is -1.13. The van der Waals surface area contributed by atoms with Gasteiger partial charge in [0.2, 0.25) is 0 Å². The molecule has 0 fully saturated rings. The Labute approximate surface area is 146 Å². The van der Waals surface area contributed by atoms with Crippen LogP contribution in [0.25, 0.3) is 11.1 Å². The summed E-state index contributed by atoms with van der Waals surface area (Å²) in [6.07, 6.45) is 0. The van der Waals surface area contributed by atoms with Gasteiger partial charge >= 0.3 is 5.97 Å². The molecule has 0 saturated carbocycles. The first-order valence-electron chi connectivity index (χ1n) is 7.54. The van der Waals surface area contributed by atoms with Gasteiger partial charge in [0.15, 0.2) is 0 Å². The zero-order valence-electron chi connectivity index (χ0n) is 13.2. The molecule has 24 heavy (non-hydrogen) atoms. The zero-order valence-corrected chi connectivity index (χ0v) is 14.1. The molecular weight excluding hydrogens is 326 g/mol. The van der Waals surface area contributed by atoms with Crippen LogP contribution < -0.4 is 10.1 Å². The standard InChI is InChI=1S/C18H19NO4S/c1-2-23-15-10-6-9-13(12-7-4-3-5-8-12)16(15)17(20)19-14(11-24)18(21)22/h3-10,14,24H,2,11H2,1H3,(H,19,20)(H,21,22)/t14-/m0/s1. The van der Waals surface area contributed by atoms with Crippen LogP contribution in [0, 0.1) is 0 Å². The van der Waals surface area contributed by atoms with Gasteiger partial charge in [-0.2, -0.15) is 12.6 Å². The molecule has 2 N–H and O–H groups in total. The minimum Gasteiger partial charge on any atom is -0.493 e. The first-order valence-corrected chi connectivity index (χ1v) is 8.17. The molecule has 0 unspecified atom stereocenters. The molecule has 0 saturated heterocycles. The largest absolute Gasteiger partial charge is 0.493 e. The monoisotopic (exact) mass is 345 g/mol. The number of benzene rings is 2. The molecule has 0 heterocycles. The number of ether oxygens (including phenoxy) is 1. The lowest BCUT2D eigenvalue weighted by Crippen LogP contribution is -2.42. The highest BCUT2D eigenvalue weighted by atomic mass is 32.1. The number of hydrogen-bond donors (Lipinski definition) is 3. The predicted molar refractivity (Wildman–Crippen MR) is 95.8 cm³/mol. The third kappa shape index (κ3) is 4.08. The van der Waals surface area contributed by atoms with Gasteiger partial charge in [-0.25, -0.2) is 4.79 Å². The Hall–Kier alpha value is -2.47. The molecule has 0 radical (unpaired) electrons. The molecule has 0 aliphatic heterocycles. The van der Waals surface area contributed by atoms with Crippen LogP contribution in [0.15, 0.2) is 48.5 Å². The molecule has 2 aromatic rings. The molecule has 1 amide bonds. The molecular formula is C18H19NO4S. The van der Waals surface area contributed by atoms with Gasteiger partial charge in [0, 0.05) is 5.75 Å². The second-order valence-electron chi connectivity index (χ2n) is 5.02. The molecule has 0 aliphatic carbocycles. The smallest absolute Gasteiger partial charge is 0.327 e. The number of rotatable bonds is 7. The van der Waals surface area contributed by atoms with Crippen molar-refractivity contribution in [1.29, 1.82) is 0 Å². The molecule has 0 aliphatic rings. The summed E-state index contributed by atoms with van der Waals surface area (Å²) in [7, 11) is 0. The number of carbonyl (C=O) groups excluding carboxylic acids is 1. The summed E-state index contributed by atoms with van der Waals surface area (Å²) in [6.45, 7) is 2.22. The summed E-state index contributed by atoms with van der Waals surface area (Å²) < 4.78 is 5.57. The Balaban J connectivity index is 2.49. The fourth-order valence-electron chi connectivity index (χ4n) is 2.32. The molecule has 0 bridgehead atoms. The van der Waals surface area contributed by atoms with Gasteiger partial charge in [-0.15, -0.1) is 0 Å². The van der Waals surface area contributed by atoms with Crippen LogP contribution in [0.5, 0.6) is 5.75 Å². The highest BCUT2D eigenvalue weighted by Gasteiger charge is 2.24. The van der Waals surface area contributed by atoms with E-state index in [4.69, 9.17) is 9.84 Å². The highest BCUT2D eigenvalue weighted by molar-refractivity contribution is 7.80. The van der Waals surface area contributed by atoms with E-state index in [0.29, 0.717) is 23.5 Å². The number of carboxylic acids is 1. The third-order valence-electron chi connectivity index (χ3n) is 3.42. The quantitative estimate of drug-likeness (QED) is 0.675. The average Bonchev–Trinajstić information content (AvgIpc) is 2.60. The Morgan fingerprint density at radius 1 is 1.17 bits per heavy atom. The van der Waals surface area contributed by atoms with Gasteiger partial charge in [0.05, 0.1) is 12.2 Å². The Bertz CT molecular complexity index is 718. The van der Waals surface area contributed by atoms with Crippen molar-refractivity contribution in [1.82, 2.24) is 5.32 Å². The molecule has 1 atom stereocenters. The summed E-state index contributed by atoms with van der Waals surface area (Å²) in [4.78, 5) is 23.9. The maximum atomic E-state index is 12.7. The van der Waals surface area contributed by atoms with Gasteiger partial charge in [-0.05, 0) is 24.1 Å². The fraction of sp³-hybridized carbons (Fsp3) is 0.222. The van der Waals surface area contributed by atoms with Crippen molar-refractivity contribution in [3.05, 3.63) is 54.1 Å². The first kappa shape index (κ1) is 17.9. The van der Waals surface area contributed by atoms with E-state index >= 15 is 0 Å². The summed E-state index contributed by atoms with van der Waals surface area (Å²) >= 11 is 3.98. The second-order valence-corrected chi connectivity index (χ2v) is 5.39. The van der Waals surface area contributed by atoms with E-state index in [1.54, 1.807) is 12.1 Å². The van der Waals surface area contributed by atoms with Crippen LogP contribution in [0.4, 0.5) is 0 Å². The minimum absolute atomic E-state index is 0.00144. The molecule has 0 spiro atoms. The van der Waals surface area contributed by atoms with Gasteiger partial charge < -0.3 is 15.2 Å². The molecule has 6 heteroatoms. The van der Waals surface area contributed by atoms with E-state index in [1.165, 1.54) is 0 Å². The third-order valence-corrected chi connectivity index (χ3v) is 3.79. The highest BCUT2D eigenvalue weighted by Crippen LogP contribution is 2.31. The molecule has 5 nitrogen and oxygen atoms in total. The summed E-state index contributed by atoms with van der Waals surface area (Å²) in [5, 5.41) is 11.6. The summed E-state index contributed by atoms with van der Waals surface area (Å²) in [5.74, 6) is -1.22. The van der Waals surface area contributed by atoms with Gasteiger partial charge in [-0.3, -0.25) is 4.79 Å². The SMILES string of the molecule is CCOc1cccc(-c2ccccc2)c1C(=O)N[C@@H](CS)C(=O)O. The van der Waals surface area contributed by atoms with Gasteiger partial charge in [0.1, 0.15) is 11.8 Å². The second kappa shape index (κ2) is 8.40. The molecule has 2 rings (SSSR count). The molecule has 0 aromatic heterocycles. The van der Waals surface area contributed by atoms with Crippen molar-refractivity contribution in [3.63, 3.8) is 0 Å². The van der Waals surface area contributed by atoms with Crippen molar-refractivity contribution in [2.75, 3.05) is 12.4 Å². The normalized spacial score (nSPS) is 11.6. The number of amides is 1. The van der Waals surface area contributed by atoms with Crippen molar-refractivity contribution < 1.29 is 19.4 Å². The average molecular weight is 345 g/mol. The summed E-state index contributed by atoms with van der Waals surface area (Å²) in [5.41, 5.74) is 1.85. The van der Waals surface area contributed by atoms with E-state index in [1.807, 2.05) is 43.3 Å². The Morgan fingerprint density at radius 2 is 1.88 bits per heavy atom. The maximum Gasteiger partial charge on any atom is 0.327 e. The molecule has 2 aromatic carbocycles. The van der Waals surface area contributed by atoms with Gasteiger partial charge in [0.25, 0.3) is 5.91 Å². The van der Waals surface area contributed by atoms with Crippen LogP contribution >= 0.6 is 12.6 Å². The van der Waals surface area contributed by atoms with Crippen LogP contribution in [0.2, 0.25) is 0 Å². The van der Waals surface area contributed by atoms with E-state index in [9.17, 15) is 9.59 Å². The van der Waals surface area contributed by atoms with E-state index in [0.717, 1.165) is 5.56 Å². The lowest BCUT2D eigenvalue weighted by Gasteiger charge is -2.17. The Morgan fingerprint density at radius 3 is 2.46 bits per heavy atom. The van der Waals surface area contributed by atoms with E-state index < -0.39 is 17.9 Å². The van der Waals surface area contributed by atoms with Crippen LogP contribution in [0.3, 0.4) is 0 Å².